The summed E-state index contributed by atoms with van der Waals surface area (Å²) in [5, 5.41) is 8.90. The first-order valence-electron chi connectivity index (χ1n) is 13.2. The van der Waals surface area contributed by atoms with Crippen molar-refractivity contribution in [2.45, 2.75) is 83.0 Å². The fraction of sp³-hybridized carbons (Fsp3) is 0.667. The highest BCUT2D eigenvalue weighted by atomic mass is 28.4. The number of likely N-dealkylation sites (tertiary alicyclic amines) is 1. The molecular formula is C27H43N5O4Si. The van der Waals surface area contributed by atoms with E-state index in [9.17, 15) is 4.79 Å². The highest BCUT2D eigenvalue weighted by Gasteiger charge is 2.56. The van der Waals surface area contributed by atoms with Gasteiger partial charge in [0.05, 0.1) is 12.6 Å². The maximum absolute atomic E-state index is 12.1. The maximum atomic E-state index is 12.1. The quantitative estimate of drug-likeness (QED) is 0.259. The molecule has 1 amide bonds. The minimum absolute atomic E-state index is 0.0566. The summed E-state index contributed by atoms with van der Waals surface area (Å²) in [6.07, 6.45) is 3.50. The second-order valence-corrected chi connectivity index (χ2v) is 17.2. The standard InChI is InChI=1S/C27H43N5O4Si/c1-26(2,3)37(6,7)36-22(16-31(4)5)25-29-28-24(35-25)21-15-27(13-14-27)23(17-32(21)19-33)30-34-18-20-11-9-8-10-12-20/h8-12,19,21-23,30H,13-18H2,1-7H3/t21-,22?,23-/m0/s1. The molecule has 1 saturated heterocycles. The summed E-state index contributed by atoms with van der Waals surface area (Å²) in [4.78, 5) is 21.8. The van der Waals surface area contributed by atoms with Crippen molar-refractivity contribution in [3.05, 3.63) is 47.7 Å². The van der Waals surface area contributed by atoms with E-state index in [0.717, 1.165) is 31.2 Å². The van der Waals surface area contributed by atoms with Gasteiger partial charge < -0.3 is 18.6 Å². The first-order chi connectivity index (χ1) is 17.4. The Balaban J connectivity index is 1.46. The van der Waals surface area contributed by atoms with Crippen LogP contribution in [0.1, 0.15) is 69.5 Å². The van der Waals surface area contributed by atoms with Crippen LogP contribution in [0.2, 0.25) is 18.1 Å². The summed E-state index contributed by atoms with van der Waals surface area (Å²) in [6, 6.07) is 9.87. The van der Waals surface area contributed by atoms with Crippen LogP contribution in [0.15, 0.2) is 34.7 Å². The van der Waals surface area contributed by atoms with Crippen molar-refractivity contribution in [2.75, 3.05) is 27.2 Å². The number of benzene rings is 1. The summed E-state index contributed by atoms with van der Waals surface area (Å²) in [5.41, 5.74) is 4.42. The van der Waals surface area contributed by atoms with Crippen LogP contribution >= 0.6 is 0 Å². The highest BCUT2D eigenvalue weighted by Crippen LogP contribution is 2.58. The smallest absolute Gasteiger partial charge is 0.245 e. The lowest BCUT2D eigenvalue weighted by Crippen LogP contribution is -2.52. The van der Waals surface area contributed by atoms with E-state index in [-0.39, 0.29) is 28.6 Å². The van der Waals surface area contributed by atoms with Gasteiger partial charge in [-0.3, -0.25) is 9.63 Å². The molecule has 1 aliphatic heterocycles. The zero-order valence-corrected chi connectivity index (χ0v) is 24.4. The number of aromatic nitrogens is 2. The Labute approximate surface area is 222 Å². The van der Waals surface area contributed by atoms with Crippen LogP contribution in [0.4, 0.5) is 0 Å². The Morgan fingerprint density at radius 1 is 1.24 bits per heavy atom. The Morgan fingerprint density at radius 3 is 2.54 bits per heavy atom. The number of nitrogens with one attached hydrogen (secondary N) is 1. The number of carbonyl (C=O) groups is 1. The predicted octanol–water partition coefficient (Wildman–Crippen LogP) is 4.47. The van der Waals surface area contributed by atoms with E-state index >= 15 is 0 Å². The Hall–Kier alpha value is -2.11. The number of hydrogen-bond acceptors (Lipinski definition) is 8. The molecule has 1 aliphatic carbocycles. The number of amides is 1. The van der Waals surface area contributed by atoms with Crippen LogP contribution in [-0.2, 0) is 20.7 Å². The molecule has 1 spiro atoms. The highest BCUT2D eigenvalue weighted by molar-refractivity contribution is 6.74. The first-order valence-corrected chi connectivity index (χ1v) is 16.1. The zero-order valence-electron chi connectivity index (χ0n) is 23.4. The van der Waals surface area contributed by atoms with Crippen LogP contribution in [-0.4, -0.2) is 68.0 Å². The van der Waals surface area contributed by atoms with Gasteiger partial charge in [0, 0.05) is 13.1 Å². The predicted molar refractivity (Wildman–Crippen MR) is 144 cm³/mol. The molecule has 1 saturated carbocycles. The van der Waals surface area contributed by atoms with E-state index in [1.807, 2.05) is 44.4 Å². The molecule has 2 aliphatic rings. The lowest BCUT2D eigenvalue weighted by atomic mass is 9.84. The summed E-state index contributed by atoms with van der Waals surface area (Å²) in [6.45, 7) is 12.8. The third-order valence-corrected chi connectivity index (χ3v) is 12.7. The van der Waals surface area contributed by atoms with Gasteiger partial charge in [-0.05, 0) is 62.5 Å². The van der Waals surface area contributed by atoms with Crippen molar-refractivity contribution in [1.29, 1.82) is 0 Å². The fourth-order valence-electron chi connectivity index (χ4n) is 4.74. The van der Waals surface area contributed by atoms with Crippen LogP contribution in [0, 0.1) is 5.41 Å². The van der Waals surface area contributed by atoms with Crippen molar-refractivity contribution in [2.24, 2.45) is 5.41 Å². The number of nitrogens with zero attached hydrogens (tertiary/aromatic N) is 4. The summed E-state index contributed by atoms with van der Waals surface area (Å²) < 4.78 is 13.0. The molecule has 2 aromatic rings. The monoisotopic (exact) mass is 529 g/mol. The lowest BCUT2D eigenvalue weighted by molar-refractivity contribution is -0.127. The van der Waals surface area contributed by atoms with E-state index in [4.69, 9.17) is 13.7 Å². The Bertz CT molecular complexity index is 1030. The number of likely N-dealkylation sites (N-methyl/N-ethyl adjacent to an activating group) is 1. The van der Waals surface area contributed by atoms with Crippen molar-refractivity contribution in [3.8, 4) is 0 Å². The van der Waals surface area contributed by atoms with Gasteiger partial charge in [-0.1, -0.05) is 51.1 Å². The minimum Gasteiger partial charge on any atom is -0.420 e. The molecule has 3 atom stereocenters. The van der Waals surface area contributed by atoms with Gasteiger partial charge in [0.25, 0.3) is 0 Å². The van der Waals surface area contributed by atoms with E-state index < -0.39 is 8.32 Å². The number of carbonyl (C=O) groups excluding carboxylic acids is 1. The van der Waals surface area contributed by atoms with Crippen LogP contribution < -0.4 is 5.48 Å². The number of piperidine rings is 1. The molecular weight excluding hydrogens is 486 g/mol. The molecule has 0 bridgehead atoms. The maximum Gasteiger partial charge on any atom is 0.245 e. The second-order valence-electron chi connectivity index (χ2n) is 12.4. The van der Waals surface area contributed by atoms with Crippen LogP contribution in [0.5, 0.6) is 0 Å². The van der Waals surface area contributed by atoms with Gasteiger partial charge in [0.1, 0.15) is 12.1 Å². The third kappa shape index (κ3) is 6.49. The summed E-state index contributed by atoms with van der Waals surface area (Å²) in [5.74, 6) is 0.968. The molecule has 1 unspecified atom stereocenters. The normalized spacial score (nSPS) is 22.4. The number of rotatable bonds is 11. The second kappa shape index (κ2) is 10.9. The molecule has 4 rings (SSSR count). The molecule has 1 N–H and O–H groups in total. The average molecular weight is 530 g/mol. The van der Waals surface area contributed by atoms with Crippen LogP contribution in [0.3, 0.4) is 0 Å². The number of hydroxylamine groups is 1. The molecule has 0 radical (unpaired) electrons. The number of hydrogen-bond donors (Lipinski definition) is 1. The van der Waals surface area contributed by atoms with Crippen molar-refractivity contribution >= 4 is 14.7 Å². The summed E-state index contributed by atoms with van der Waals surface area (Å²) >= 11 is 0. The van der Waals surface area contributed by atoms with Crippen LogP contribution in [0.25, 0.3) is 0 Å². The third-order valence-electron chi connectivity index (χ3n) is 8.26. The lowest BCUT2D eigenvalue weighted by Gasteiger charge is -2.41. The van der Waals surface area contributed by atoms with Gasteiger partial charge in [-0.15, -0.1) is 10.2 Å². The SMILES string of the molecule is CN(C)CC(O[Si](C)(C)C(C)(C)C)c1nnc([C@@H]2CC3(CC3)[C@@H](NOCc3ccccc3)CN2C=O)o1. The van der Waals surface area contributed by atoms with E-state index in [1.165, 1.54) is 0 Å². The largest absolute Gasteiger partial charge is 0.420 e. The van der Waals surface area contributed by atoms with E-state index in [0.29, 0.717) is 31.5 Å². The van der Waals surface area contributed by atoms with Gasteiger partial charge in [0.15, 0.2) is 8.32 Å². The van der Waals surface area contributed by atoms with Gasteiger partial charge in [0.2, 0.25) is 18.2 Å². The van der Waals surface area contributed by atoms with Gasteiger partial charge >= 0.3 is 0 Å². The molecule has 1 aromatic carbocycles. The Morgan fingerprint density at radius 2 is 1.95 bits per heavy atom. The van der Waals surface area contributed by atoms with Crippen molar-refractivity contribution in [1.82, 2.24) is 25.5 Å². The minimum atomic E-state index is -2.07. The van der Waals surface area contributed by atoms with E-state index in [1.54, 1.807) is 4.90 Å². The Kier molecular flexibility index (Phi) is 8.25. The molecule has 2 fully saturated rings. The molecule has 1 aromatic heterocycles. The van der Waals surface area contributed by atoms with Gasteiger partial charge in [-0.2, -0.15) is 5.48 Å². The zero-order chi connectivity index (χ0) is 26.8. The van der Waals surface area contributed by atoms with Crippen molar-refractivity contribution in [3.63, 3.8) is 0 Å². The van der Waals surface area contributed by atoms with E-state index in [2.05, 4.69) is 54.4 Å². The van der Waals surface area contributed by atoms with Gasteiger partial charge in [-0.25, -0.2) is 0 Å². The first kappa shape index (κ1) is 27.9. The molecule has 2 heterocycles. The topological polar surface area (TPSA) is 93.0 Å². The molecule has 204 valence electrons. The van der Waals surface area contributed by atoms with Crippen molar-refractivity contribution < 1.29 is 18.5 Å². The summed E-state index contributed by atoms with van der Waals surface area (Å²) in [7, 11) is 1.95. The molecule has 37 heavy (non-hydrogen) atoms. The average Bonchev–Trinajstić information content (AvgIpc) is 3.42. The fourth-order valence-corrected chi connectivity index (χ4v) is 5.98. The molecule has 10 heteroatoms. The molecule has 9 nitrogen and oxygen atoms in total.